The van der Waals surface area contributed by atoms with Crippen LogP contribution in [0.25, 0.3) is 5.65 Å². The van der Waals surface area contributed by atoms with Crippen molar-refractivity contribution in [2.45, 2.75) is 6.92 Å². The molecule has 1 amide bonds. The van der Waals surface area contributed by atoms with Gasteiger partial charge in [0.05, 0.1) is 5.69 Å². The van der Waals surface area contributed by atoms with E-state index in [2.05, 4.69) is 20.9 Å². The fraction of sp³-hybridized carbons (Fsp3) is 0.111. The van der Waals surface area contributed by atoms with Gasteiger partial charge >= 0.3 is 0 Å². The van der Waals surface area contributed by atoms with Crippen LogP contribution in [0, 0.1) is 6.92 Å². The number of amides is 1. The fourth-order valence-electron chi connectivity index (χ4n) is 1.43. The van der Waals surface area contributed by atoms with Crippen molar-refractivity contribution in [3.8, 4) is 0 Å². The molecule has 0 aliphatic carbocycles. The monoisotopic (exact) mass is 253 g/mol. The number of hydrogen-bond donors (Lipinski definition) is 1. The molecular weight excluding hydrogens is 246 g/mol. The summed E-state index contributed by atoms with van der Waals surface area (Å²) in [5.74, 6) is -0.465. The molecule has 2 N–H and O–H groups in total. The van der Waals surface area contributed by atoms with Crippen LogP contribution in [0.1, 0.15) is 16.2 Å². The molecule has 72 valence electrons. The number of rotatable bonds is 1. The van der Waals surface area contributed by atoms with Crippen LogP contribution in [0.15, 0.2) is 22.8 Å². The molecule has 0 atom stereocenters. The summed E-state index contributed by atoms with van der Waals surface area (Å²) < 4.78 is 2.56. The van der Waals surface area contributed by atoms with E-state index in [4.69, 9.17) is 5.73 Å². The van der Waals surface area contributed by atoms with Gasteiger partial charge < -0.3 is 5.73 Å². The zero-order chi connectivity index (χ0) is 10.3. The molecule has 0 aromatic carbocycles. The number of hydrogen-bond acceptors (Lipinski definition) is 2. The van der Waals surface area contributed by atoms with Gasteiger partial charge in [-0.2, -0.15) is 0 Å². The largest absolute Gasteiger partial charge is 0.364 e. The van der Waals surface area contributed by atoms with Crippen molar-refractivity contribution >= 4 is 27.5 Å². The Hall–Kier alpha value is -1.36. The first-order valence-electron chi connectivity index (χ1n) is 4.03. The highest BCUT2D eigenvalue weighted by Crippen LogP contribution is 2.15. The molecule has 14 heavy (non-hydrogen) atoms. The minimum Gasteiger partial charge on any atom is -0.364 e. The van der Waals surface area contributed by atoms with Crippen molar-refractivity contribution in [2.24, 2.45) is 5.73 Å². The molecule has 0 saturated carbocycles. The number of carbonyl (C=O) groups excluding carboxylic acids is 1. The standard InChI is InChI=1S/C9H8BrN3O/c1-5-8(9(11)14)13-4-6(10)2-3-7(13)12-5/h2-4H,1H3,(H2,11,14). The quantitative estimate of drug-likeness (QED) is 0.838. The highest BCUT2D eigenvalue weighted by atomic mass is 79.9. The van der Waals surface area contributed by atoms with Crippen molar-refractivity contribution < 1.29 is 4.79 Å². The van der Waals surface area contributed by atoms with Crippen LogP contribution in [0.3, 0.4) is 0 Å². The Morgan fingerprint density at radius 1 is 1.57 bits per heavy atom. The van der Waals surface area contributed by atoms with E-state index in [1.165, 1.54) is 0 Å². The minimum absolute atomic E-state index is 0.432. The average molecular weight is 254 g/mol. The molecule has 2 rings (SSSR count). The van der Waals surface area contributed by atoms with Crippen LogP contribution in [0.5, 0.6) is 0 Å². The Bertz CT molecular complexity index is 518. The lowest BCUT2D eigenvalue weighted by Crippen LogP contribution is -2.15. The molecule has 0 aliphatic heterocycles. The number of primary amides is 1. The first-order valence-corrected chi connectivity index (χ1v) is 4.83. The summed E-state index contributed by atoms with van der Waals surface area (Å²) >= 11 is 3.32. The smallest absolute Gasteiger partial charge is 0.267 e. The second-order valence-electron chi connectivity index (χ2n) is 2.99. The molecular formula is C9H8BrN3O. The zero-order valence-corrected chi connectivity index (χ0v) is 9.08. The molecule has 5 heteroatoms. The predicted molar refractivity (Wildman–Crippen MR) is 56.1 cm³/mol. The lowest BCUT2D eigenvalue weighted by Gasteiger charge is -1.98. The molecule has 4 nitrogen and oxygen atoms in total. The Morgan fingerprint density at radius 3 is 2.93 bits per heavy atom. The van der Waals surface area contributed by atoms with E-state index < -0.39 is 5.91 Å². The number of nitrogens with zero attached hydrogens (tertiary/aromatic N) is 2. The topological polar surface area (TPSA) is 60.4 Å². The second kappa shape index (κ2) is 3.09. The van der Waals surface area contributed by atoms with E-state index in [1.54, 1.807) is 17.5 Å². The molecule has 0 fully saturated rings. The highest BCUT2D eigenvalue weighted by molar-refractivity contribution is 9.10. The minimum atomic E-state index is -0.465. The van der Waals surface area contributed by atoms with Crippen molar-refractivity contribution in [2.75, 3.05) is 0 Å². The van der Waals surface area contributed by atoms with Gasteiger partial charge in [0.15, 0.2) is 0 Å². The normalized spacial score (nSPS) is 10.7. The molecule has 0 saturated heterocycles. The van der Waals surface area contributed by atoms with E-state index in [0.717, 1.165) is 10.1 Å². The van der Waals surface area contributed by atoms with E-state index in [1.807, 2.05) is 12.1 Å². The lowest BCUT2D eigenvalue weighted by atomic mass is 10.3. The number of carbonyl (C=O) groups is 1. The summed E-state index contributed by atoms with van der Waals surface area (Å²) in [6.07, 6.45) is 1.77. The van der Waals surface area contributed by atoms with Gasteiger partial charge in [0.2, 0.25) is 0 Å². The van der Waals surface area contributed by atoms with E-state index in [-0.39, 0.29) is 0 Å². The fourth-order valence-corrected chi connectivity index (χ4v) is 1.77. The third-order valence-electron chi connectivity index (χ3n) is 1.99. The van der Waals surface area contributed by atoms with Crippen molar-refractivity contribution in [3.63, 3.8) is 0 Å². The van der Waals surface area contributed by atoms with Gasteiger partial charge in [-0.15, -0.1) is 0 Å². The number of pyridine rings is 1. The zero-order valence-electron chi connectivity index (χ0n) is 7.49. The van der Waals surface area contributed by atoms with Gasteiger partial charge in [-0.25, -0.2) is 4.98 Å². The van der Waals surface area contributed by atoms with Gasteiger partial charge in [-0.1, -0.05) is 0 Å². The van der Waals surface area contributed by atoms with Gasteiger partial charge in [0.25, 0.3) is 5.91 Å². The van der Waals surface area contributed by atoms with Crippen LogP contribution in [-0.4, -0.2) is 15.3 Å². The third-order valence-corrected chi connectivity index (χ3v) is 2.46. The molecule has 2 aromatic rings. The summed E-state index contributed by atoms with van der Waals surface area (Å²) in [7, 11) is 0. The molecule has 0 radical (unpaired) electrons. The summed E-state index contributed by atoms with van der Waals surface area (Å²) in [6, 6.07) is 3.69. The first-order chi connectivity index (χ1) is 6.59. The van der Waals surface area contributed by atoms with E-state index >= 15 is 0 Å². The number of fused-ring (bicyclic) bond motifs is 1. The first kappa shape index (κ1) is 9.21. The van der Waals surface area contributed by atoms with Crippen LogP contribution < -0.4 is 5.73 Å². The van der Waals surface area contributed by atoms with Crippen LogP contribution in [0.4, 0.5) is 0 Å². The molecule has 2 aromatic heterocycles. The summed E-state index contributed by atoms with van der Waals surface area (Å²) in [6.45, 7) is 1.76. The molecule has 0 aliphatic rings. The Labute approximate surface area is 88.9 Å². The number of aryl methyl sites for hydroxylation is 1. The van der Waals surface area contributed by atoms with Crippen molar-refractivity contribution in [1.82, 2.24) is 9.38 Å². The van der Waals surface area contributed by atoms with Crippen LogP contribution in [-0.2, 0) is 0 Å². The maximum absolute atomic E-state index is 11.2. The Balaban J connectivity index is 2.86. The summed E-state index contributed by atoms with van der Waals surface area (Å²) in [5.41, 5.74) is 7.06. The molecule has 2 heterocycles. The number of imidazole rings is 1. The maximum Gasteiger partial charge on any atom is 0.267 e. The van der Waals surface area contributed by atoms with Crippen LogP contribution >= 0.6 is 15.9 Å². The van der Waals surface area contributed by atoms with E-state index in [0.29, 0.717) is 11.4 Å². The van der Waals surface area contributed by atoms with Gasteiger partial charge in [-0.3, -0.25) is 9.20 Å². The van der Waals surface area contributed by atoms with Gasteiger partial charge in [-0.05, 0) is 35.0 Å². The summed E-state index contributed by atoms with van der Waals surface area (Å²) in [5, 5.41) is 0. The van der Waals surface area contributed by atoms with Crippen molar-refractivity contribution in [1.29, 1.82) is 0 Å². The maximum atomic E-state index is 11.2. The predicted octanol–water partition coefficient (Wildman–Crippen LogP) is 1.50. The third kappa shape index (κ3) is 1.29. The Morgan fingerprint density at radius 2 is 2.29 bits per heavy atom. The average Bonchev–Trinajstić information content (AvgIpc) is 2.40. The highest BCUT2D eigenvalue weighted by Gasteiger charge is 2.13. The number of aromatic nitrogens is 2. The summed E-state index contributed by atoms with van der Waals surface area (Å²) in [4.78, 5) is 15.4. The molecule has 0 spiro atoms. The SMILES string of the molecule is Cc1nc2ccc(Br)cn2c1C(N)=O. The van der Waals surface area contributed by atoms with E-state index in [9.17, 15) is 4.79 Å². The van der Waals surface area contributed by atoms with Gasteiger partial charge in [0, 0.05) is 10.7 Å². The Kier molecular flexibility index (Phi) is 2.03. The molecule has 0 unspecified atom stereocenters. The number of halogens is 1. The molecule has 0 bridgehead atoms. The van der Waals surface area contributed by atoms with Crippen molar-refractivity contribution in [3.05, 3.63) is 34.2 Å². The number of nitrogens with two attached hydrogens (primary N) is 1. The second-order valence-corrected chi connectivity index (χ2v) is 3.90. The van der Waals surface area contributed by atoms with Gasteiger partial charge in [0.1, 0.15) is 11.3 Å². The van der Waals surface area contributed by atoms with Crippen LogP contribution in [0.2, 0.25) is 0 Å². The lowest BCUT2D eigenvalue weighted by molar-refractivity contribution is 0.0994.